The average molecular weight is 333 g/mol. The van der Waals surface area contributed by atoms with Crippen molar-refractivity contribution in [1.82, 2.24) is 4.90 Å². The first-order valence-corrected chi connectivity index (χ1v) is 8.30. The molecule has 2 heterocycles. The van der Waals surface area contributed by atoms with Crippen molar-refractivity contribution in [3.8, 4) is 18.2 Å². The summed E-state index contributed by atoms with van der Waals surface area (Å²) in [6.07, 6.45) is 6.12. The molecular formula is C19H19N5O. The van der Waals surface area contributed by atoms with Crippen LogP contribution < -0.4 is 5.73 Å². The number of nitrogens with zero attached hydrogens (tertiary/aromatic N) is 4. The molecule has 0 spiro atoms. The molecule has 0 fully saturated rings. The second-order valence-electron chi connectivity index (χ2n) is 6.49. The van der Waals surface area contributed by atoms with Gasteiger partial charge in [0, 0.05) is 24.9 Å². The fourth-order valence-electron chi connectivity index (χ4n) is 4.07. The van der Waals surface area contributed by atoms with E-state index in [0.29, 0.717) is 6.54 Å². The molecule has 1 aromatic rings. The molecule has 2 aliphatic rings. The Labute approximate surface area is 147 Å². The van der Waals surface area contributed by atoms with Crippen LogP contribution in [-0.2, 0) is 0 Å². The van der Waals surface area contributed by atoms with Gasteiger partial charge in [0.2, 0.25) is 0 Å². The number of fused-ring (bicyclic) bond motifs is 1. The van der Waals surface area contributed by atoms with Crippen LogP contribution in [-0.4, -0.2) is 24.5 Å². The lowest BCUT2D eigenvalue weighted by molar-refractivity contribution is 0.207. The number of furan rings is 1. The highest BCUT2D eigenvalue weighted by Gasteiger charge is 2.54. The largest absolute Gasteiger partial charge is 0.472 e. The lowest BCUT2D eigenvalue weighted by Gasteiger charge is -2.45. The average Bonchev–Trinajstić information content (AvgIpc) is 3.15. The zero-order chi connectivity index (χ0) is 18.0. The number of hydrogen-bond acceptors (Lipinski definition) is 6. The van der Waals surface area contributed by atoms with Crippen molar-refractivity contribution in [1.29, 1.82) is 15.8 Å². The molecule has 3 rings (SSSR count). The van der Waals surface area contributed by atoms with Crippen LogP contribution in [0.3, 0.4) is 0 Å². The smallest absolute Gasteiger partial charge is 0.191 e. The van der Waals surface area contributed by atoms with E-state index in [9.17, 15) is 15.8 Å². The fraction of sp³-hybridized carbons (Fsp3) is 0.421. The van der Waals surface area contributed by atoms with E-state index in [1.807, 2.05) is 6.08 Å². The molecule has 0 bridgehead atoms. The molecule has 6 nitrogen and oxygen atoms in total. The molecule has 0 amide bonds. The van der Waals surface area contributed by atoms with E-state index in [2.05, 4.69) is 30.0 Å². The molecule has 6 heteroatoms. The number of nitriles is 3. The van der Waals surface area contributed by atoms with Crippen molar-refractivity contribution in [3.05, 3.63) is 47.1 Å². The van der Waals surface area contributed by atoms with E-state index >= 15 is 0 Å². The summed E-state index contributed by atoms with van der Waals surface area (Å²) in [5.41, 5.74) is 6.58. The van der Waals surface area contributed by atoms with Gasteiger partial charge in [0.15, 0.2) is 5.41 Å². The molecule has 1 aliphatic carbocycles. The predicted octanol–water partition coefficient (Wildman–Crippen LogP) is 2.41. The maximum atomic E-state index is 9.89. The van der Waals surface area contributed by atoms with Crippen LogP contribution in [0.5, 0.6) is 0 Å². The molecule has 126 valence electrons. The van der Waals surface area contributed by atoms with Gasteiger partial charge >= 0.3 is 0 Å². The standard InChI is InChI=1S/C19H19N5O/c1-2-5-24-6-3-14-15(8-20)18(23)19(11-21,12-22)17(16(14)9-24)13-4-7-25-10-13/h3-4,7,10,16-17H,2,5-6,9,23H2,1H3/t16-,17-/m1/s1. The van der Waals surface area contributed by atoms with Crippen molar-refractivity contribution in [2.75, 3.05) is 19.6 Å². The monoisotopic (exact) mass is 333 g/mol. The summed E-state index contributed by atoms with van der Waals surface area (Å²) >= 11 is 0. The van der Waals surface area contributed by atoms with Crippen LogP contribution in [0.1, 0.15) is 24.8 Å². The zero-order valence-electron chi connectivity index (χ0n) is 14.1. The number of allylic oxidation sites excluding steroid dienone is 2. The summed E-state index contributed by atoms with van der Waals surface area (Å²) in [6.45, 7) is 4.45. The van der Waals surface area contributed by atoms with Gasteiger partial charge in [0.25, 0.3) is 0 Å². The fourth-order valence-corrected chi connectivity index (χ4v) is 4.07. The third kappa shape index (κ3) is 2.41. The van der Waals surface area contributed by atoms with Crippen molar-refractivity contribution in [2.45, 2.75) is 19.3 Å². The molecular weight excluding hydrogens is 314 g/mol. The van der Waals surface area contributed by atoms with Crippen LogP contribution in [0.25, 0.3) is 0 Å². The zero-order valence-corrected chi connectivity index (χ0v) is 14.1. The number of nitrogens with two attached hydrogens (primary N) is 1. The molecule has 25 heavy (non-hydrogen) atoms. The van der Waals surface area contributed by atoms with Gasteiger partial charge in [-0.2, -0.15) is 15.8 Å². The van der Waals surface area contributed by atoms with Crippen LogP contribution in [0.15, 0.2) is 45.9 Å². The predicted molar refractivity (Wildman–Crippen MR) is 90.2 cm³/mol. The Morgan fingerprint density at radius 1 is 1.36 bits per heavy atom. The van der Waals surface area contributed by atoms with E-state index in [1.165, 1.54) is 6.26 Å². The summed E-state index contributed by atoms with van der Waals surface area (Å²) in [5, 5.41) is 29.4. The second kappa shape index (κ2) is 6.48. The van der Waals surface area contributed by atoms with E-state index in [4.69, 9.17) is 10.2 Å². The van der Waals surface area contributed by atoms with Crippen LogP contribution in [0.2, 0.25) is 0 Å². The Kier molecular flexibility index (Phi) is 4.36. The number of hydrogen-bond donors (Lipinski definition) is 1. The SMILES string of the molecule is CCCN1CC=C2C(C#N)=C(N)C(C#N)(C#N)[C@H](c3ccoc3)[C@@H]2C1. The van der Waals surface area contributed by atoms with Gasteiger partial charge < -0.3 is 10.2 Å². The molecule has 2 N–H and O–H groups in total. The van der Waals surface area contributed by atoms with Gasteiger partial charge in [-0.1, -0.05) is 13.0 Å². The first-order valence-electron chi connectivity index (χ1n) is 8.30. The summed E-state index contributed by atoms with van der Waals surface area (Å²) in [7, 11) is 0. The minimum Gasteiger partial charge on any atom is -0.472 e. The van der Waals surface area contributed by atoms with Gasteiger partial charge in [0.05, 0.1) is 35.9 Å². The van der Waals surface area contributed by atoms with Crippen LogP contribution in [0, 0.1) is 45.3 Å². The minimum absolute atomic E-state index is 0.0534. The Bertz CT molecular complexity index is 830. The summed E-state index contributed by atoms with van der Waals surface area (Å²) in [6, 6.07) is 8.14. The summed E-state index contributed by atoms with van der Waals surface area (Å²) < 4.78 is 5.22. The Morgan fingerprint density at radius 3 is 2.68 bits per heavy atom. The normalized spacial score (nSPS) is 25.3. The van der Waals surface area contributed by atoms with Gasteiger partial charge in [-0.25, -0.2) is 0 Å². The summed E-state index contributed by atoms with van der Waals surface area (Å²) in [5.74, 6) is -0.622. The topological polar surface area (TPSA) is 114 Å². The minimum atomic E-state index is -1.58. The summed E-state index contributed by atoms with van der Waals surface area (Å²) in [4.78, 5) is 2.28. The molecule has 0 aromatic carbocycles. The van der Waals surface area contributed by atoms with Gasteiger partial charge in [-0.05, 0) is 30.2 Å². The Morgan fingerprint density at radius 2 is 2.12 bits per heavy atom. The van der Waals surface area contributed by atoms with Gasteiger partial charge in [-0.3, -0.25) is 4.90 Å². The third-order valence-electron chi connectivity index (χ3n) is 5.18. The molecule has 0 radical (unpaired) electrons. The van der Waals surface area contributed by atoms with Gasteiger partial charge in [0.1, 0.15) is 6.07 Å². The maximum Gasteiger partial charge on any atom is 0.191 e. The van der Waals surface area contributed by atoms with Crippen LogP contribution >= 0.6 is 0 Å². The molecule has 0 saturated carbocycles. The maximum absolute atomic E-state index is 9.89. The van der Waals surface area contributed by atoms with E-state index in [1.54, 1.807) is 12.3 Å². The third-order valence-corrected chi connectivity index (χ3v) is 5.18. The quantitative estimate of drug-likeness (QED) is 0.908. The number of rotatable bonds is 3. The molecule has 1 aromatic heterocycles. The lowest BCUT2D eigenvalue weighted by atomic mass is 9.58. The van der Waals surface area contributed by atoms with E-state index in [0.717, 1.165) is 30.6 Å². The Hall–Kier alpha value is -3.01. The molecule has 0 unspecified atom stereocenters. The van der Waals surface area contributed by atoms with E-state index in [-0.39, 0.29) is 17.2 Å². The van der Waals surface area contributed by atoms with Crippen molar-refractivity contribution < 1.29 is 4.42 Å². The highest BCUT2D eigenvalue weighted by Crippen LogP contribution is 2.54. The highest BCUT2D eigenvalue weighted by molar-refractivity contribution is 5.59. The molecule has 2 atom stereocenters. The molecule has 1 aliphatic heterocycles. The first kappa shape index (κ1) is 16.8. The Balaban J connectivity index is 2.24. The van der Waals surface area contributed by atoms with Crippen molar-refractivity contribution in [2.24, 2.45) is 17.1 Å². The first-order chi connectivity index (χ1) is 12.1. The van der Waals surface area contributed by atoms with Crippen molar-refractivity contribution >= 4 is 0 Å². The van der Waals surface area contributed by atoms with Crippen LogP contribution in [0.4, 0.5) is 0 Å². The second-order valence-corrected chi connectivity index (χ2v) is 6.49. The lowest BCUT2D eigenvalue weighted by Crippen LogP contribution is -2.48. The highest BCUT2D eigenvalue weighted by atomic mass is 16.3. The van der Waals surface area contributed by atoms with Crippen molar-refractivity contribution in [3.63, 3.8) is 0 Å². The molecule has 0 saturated heterocycles. The van der Waals surface area contributed by atoms with Gasteiger partial charge in [-0.15, -0.1) is 0 Å². The van der Waals surface area contributed by atoms with E-state index < -0.39 is 11.3 Å².